The van der Waals surface area contributed by atoms with E-state index >= 15 is 0 Å². The van der Waals surface area contributed by atoms with E-state index < -0.39 is 76.0 Å². The highest BCUT2D eigenvalue weighted by atomic mass is 79.9. The number of amides is 1. The van der Waals surface area contributed by atoms with Crippen LogP contribution in [0.2, 0.25) is 0 Å². The number of benzene rings is 2. The molecule has 6 rings (SSSR count). The van der Waals surface area contributed by atoms with Gasteiger partial charge >= 0.3 is 0 Å². The lowest BCUT2D eigenvalue weighted by molar-refractivity contribution is -0.184. The zero-order valence-electron chi connectivity index (χ0n) is 22.3. The number of hydrogen-bond acceptors (Lipinski definition) is 9. The Hall–Kier alpha value is -3.64. The number of phenolic OH excluding ortho intramolecular Hbond substituents is 1. The molecule has 1 unspecified atom stereocenters. The van der Waals surface area contributed by atoms with E-state index in [-0.39, 0.29) is 15.6 Å². The van der Waals surface area contributed by atoms with Crippen LogP contribution in [0, 0.1) is 17.8 Å². The van der Waals surface area contributed by atoms with E-state index in [9.17, 15) is 34.5 Å². The summed E-state index contributed by atoms with van der Waals surface area (Å²) < 4.78 is 5.94. The van der Waals surface area contributed by atoms with Crippen molar-refractivity contribution in [2.75, 3.05) is 14.1 Å². The van der Waals surface area contributed by atoms with E-state index in [0.29, 0.717) is 16.9 Å². The van der Waals surface area contributed by atoms with Crippen molar-refractivity contribution in [1.29, 1.82) is 0 Å². The Kier molecular flexibility index (Phi) is 6.17. The highest BCUT2D eigenvalue weighted by Crippen LogP contribution is 2.56. The van der Waals surface area contributed by atoms with Crippen molar-refractivity contribution in [3.05, 3.63) is 63.6 Å². The van der Waals surface area contributed by atoms with E-state index in [0.717, 1.165) is 5.39 Å². The van der Waals surface area contributed by atoms with Crippen LogP contribution in [0.15, 0.2) is 56.9 Å². The lowest BCUT2D eigenvalue weighted by Gasteiger charge is -2.55. The summed E-state index contributed by atoms with van der Waals surface area (Å²) in [5.41, 5.74) is 3.05. The molecule has 0 spiro atoms. The number of fused-ring (bicyclic) bond motifs is 4. The first-order valence-corrected chi connectivity index (χ1v) is 13.9. The SMILES string of the molecule is C[C@@H]1c2ccc(-c3cc4ccccc4o3)c(O)c2C(=O)C2C(=O)[C@@]3(O)C(=O)C(C(N)=O)=C(Br)[C@H](N(C)C)[C@H]3[C@H](O)[C@H]21. The number of nitrogens with zero attached hydrogens (tertiary/aromatic N) is 1. The van der Waals surface area contributed by atoms with Crippen LogP contribution < -0.4 is 5.73 Å². The molecule has 1 heterocycles. The van der Waals surface area contributed by atoms with Gasteiger partial charge in [0.25, 0.3) is 5.91 Å². The minimum absolute atomic E-state index is 0.0447. The molecule has 1 saturated carbocycles. The Labute approximate surface area is 242 Å². The maximum absolute atomic E-state index is 14.2. The molecule has 41 heavy (non-hydrogen) atoms. The first-order chi connectivity index (χ1) is 19.3. The van der Waals surface area contributed by atoms with Crippen LogP contribution in [0.5, 0.6) is 5.75 Å². The van der Waals surface area contributed by atoms with Gasteiger partial charge in [-0.25, -0.2) is 0 Å². The van der Waals surface area contributed by atoms with Gasteiger partial charge in [0.2, 0.25) is 5.78 Å². The number of carbonyl (C=O) groups is 4. The molecule has 3 aliphatic carbocycles. The minimum atomic E-state index is -2.91. The van der Waals surface area contributed by atoms with Gasteiger partial charge < -0.3 is 30.4 Å². The highest BCUT2D eigenvalue weighted by Gasteiger charge is 2.70. The number of aromatic hydroxyl groups is 1. The zero-order valence-corrected chi connectivity index (χ0v) is 23.9. The smallest absolute Gasteiger partial charge is 0.253 e. The summed E-state index contributed by atoms with van der Waals surface area (Å²) in [7, 11) is 3.21. The number of primary amides is 1. The van der Waals surface area contributed by atoms with Crippen LogP contribution in [-0.4, -0.2) is 75.3 Å². The maximum Gasteiger partial charge on any atom is 0.253 e. The number of ketones is 3. The number of aliphatic hydroxyl groups excluding tert-OH is 1. The summed E-state index contributed by atoms with van der Waals surface area (Å²) in [5.74, 6) is -9.22. The fourth-order valence-corrected chi connectivity index (χ4v) is 8.19. The number of Topliss-reactive ketones (excluding diaryl/α,β-unsaturated/α-hetero) is 3. The van der Waals surface area contributed by atoms with E-state index in [1.54, 1.807) is 56.3 Å². The Morgan fingerprint density at radius 2 is 1.80 bits per heavy atom. The Bertz CT molecular complexity index is 1690. The largest absolute Gasteiger partial charge is 0.506 e. The molecular formula is C30H27BrN2O8. The lowest BCUT2D eigenvalue weighted by atomic mass is 9.51. The first-order valence-electron chi connectivity index (χ1n) is 13.1. The Morgan fingerprint density at radius 1 is 1.12 bits per heavy atom. The molecule has 3 aliphatic rings. The number of furan rings is 1. The van der Waals surface area contributed by atoms with Crippen LogP contribution in [0.4, 0.5) is 0 Å². The van der Waals surface area contributed by atoms with Gasteiger partial charge in [-0.3, -0.25) is 19.2 Å². The predicted octanol–water partition coefficient (Wildman–Crippen LogP) is 2.28. The van der Waals surface area contributed by atoms with Gasteiger partial charge in [-0.1, -0.05) is 47.1 Å². The molecule has 11 heteroatoms. The minimum Gasteiger partial charge on any atom is -0.506 e. The molecule has 0 bridgehead atoms. The number of rotatable bonds is 3. The van der Waals surface area contributed by atoms with Gasteiger partial charge in [0, 0.05) is 21.7 Å². The molecule has 0 radical (unpaired) electrons. The van der Waals surface area contributed by atoms with E-state index in [4.69, 9.17) is 10.2 Å². The van der Waals surface area contributed by atoms with Crippen LogP contribution in [0.25, 0.3) is 22.3 Å². The van der Waals surface area contributed by atoms with Crippen molar-refractivity contribution in [2.24, 2.45) is 23.5 Å². The van der Waals surface area contributed by atoms with Crippen LogP contribution >= 0.6 is 15.9 Å². The second-order valence-corrected chi connectivity index (χ2v) is 12.1. The number of halogens is 1. The standard InChI is InChI=1S/C30H27BrN2O8/c1-11-13-8-9-14(16-10-12-6-4-5-7-15(12)41-16)24(34)18(13)25(35)19-17(11)26(36)21-23(33(2)3)22(31)20(29(32)39)28(38)30(21,40)27(19)37/h4-11,17,19,21,23,26,34,36,40H,1-3H3,(H2,32,39)/t11-,17+,19?,21+,23-,26-,30-/m1/s1. The molecule has 2 aromatic carbocycles. The monoisotopic (exact) mass is 622 g/mol. The fourth-order valence-electron chi connectivity index (χ4n) is 7.12. The van der Waals surface area contributed by atoms with Crippen LogP contribution in [0.3, 0.4) is 0 Å². The number of likely N-dealkylation sites (N-methyl/N-ethyl adjacent to an activating group) is 1. The third kappa shape index (κ3) is 3.52. The molecule has 1 fully saturated rings. The summed E-state index contributed by atoms with van der Waals surface area (Å²) in [5, 5.41) is 35.8. The van der Waals surface area contributed by atoms with Crippen molar-refractivity contribution in [3.63, 3.8) is 0 Å². The molecule has 212 valence electrons. The van der Waals surface area contributed by atoms with E-state index in [2.05, 4.69) is 15.9 Å². The molecule has 10 nitrogen and oxygen atoms in total. The summed E-state index contributed by atoms with van der Waals surface area (Å²) >= 11 is 3.26. The van der Waals surface area contributed by atoms with Gasteiger partial charge in [0.05, 0.1) is 34.8 Å². The molecule has 3 aromatic rings. The number of para-hydroxylation sites is 1. The van der Waals surface area contributed by atoms with E-state index in [1.165, 1.54) is 0 Å². The Morgan fingerprint density at radius 3 is 2.44 bits per heavy atom. The van der Waals surface area contributed by atoms with Gasteiger partial charge in [0.15, 0.2) is 17.2 Å². The fraction of sp³-hybridized carbons (Fsp3) is 0.333. The highest BCUT2D eigenvalue weighted by molar-refractivity contribution is 9.11. The number of hydrogen-bond donors (Lipinski definition) is 4. The van der Waals surface area contributed by atoms with Crippen molar-refractivity contribution >= 4 is 50.2 Å². The van der Waals surface area contributed by atoms with Crippen molar-refractivity contribution in [2.45, 2.75) is 30.6 Å². The van der Waals surface area contributed by atoms with Gasteiger partial charge in [-0.15, -0.1) is 0 Å². The van der Waals surface area contributed by atoms with Gasteiger partial charge in [0.1, 0.15) is 17.1 Å². The maximum atomic E-state index is 14.2. The third-order valence-corrected chi connectivity index (χ3v) is 9.87. The van der Waals surface area contributed by atoms with Crippen molar-refractivity contribution in [1.82, 2.24) is 4.90 Å². The summed E-state index contributed by atoms with van der Waals surface area (Å²) in [6.07, 6.45) is -1.52. The lowest BCUT2D eigenvalue weighted by Crippen LogP contribution is -2.73. The summed E-state index contributed by atoms with van der Waals surface area (Å²) in [4.78, 5) is 55.7. The molecular weight excluding hydrogens is 596 g/mol. The summed E-state index contributed by atoms with van der Waals surface area (Å²) in [6.45, 7) is 1.72. The quantitative estimate of drug-likeness (QED) is 0.252. The number of nitrogens with two attached hydrogens (primary N) is 1. The second kappa shape index (κ2) is 9.18. The molecule has 7 atom stereocenters. The molecule has 0 saturated heterocycles. The summed E-state index contributed by atoms with van der Waals surface area (Å²) in [6, 6.07) is 11.3. The second-order valence-electron chi connectivity index (χ2n) is 11.3. The number of aliphatic hydroxyl groups is 2. The van der Waals surface area contributed by atoms with E-state index in [1.807, 2.05) is 12.1 Å². The van der Waals surface area contributed by atoms with Gasteiger partial charge in [-0.05, 0) is 43.8 Å². The zero-order chi connectivity index (χ0) is 29.7. The molecule has 1 aromatic heterocycles. The van der Waals surface area contributed by atoms with Gasteiger partial charge in [-0.2, -0.15) is 0 Å². The molecule has 5 N–H and O–H groups in total. The van der Waals surface area contributed by atoms with Crippen molar-refractivity contribution < 1.29 is 38.9 Å². The average Bonchev–Trinajstić information content (AvgIpc) is 3.34. The third-order valence-electron chi connectivity index (χ3n) is 9.00. The van der Waals surface area contributed by atoms with Crippen LogP contribution in [-0.2, 0) is 14.4 Å². The molecule has 1 amide bonds. The molecule has 0 aliphatic heterocycles. The predicted molar refractivity (Wildman–Crippen MR) is 150 cm³/mol. The Balaban J connectivity index is 1.53. The first kappa shape index (κ1) is 27.5. The number of phenols is 1. The van der Waals surface area contributed by atoms with Crippen LogP contribution in [0.1, 0.15) is 28.8 Å². The average molecular weight is 623 g/mol. The van der Waals surface area contributed by atoms with Crippen molar-refractivity contribution in [3.8, 4) is 17.1 Å². The number of carbonyl (C=O) groups excluding carboxylic acids is 4. The normalized spacial score (nSPS) is 31.3. The topological polar surface area (TPSA) is 171 Å².